The quantitative estimate of drug-likeness (QED) is 0.876. The molecule has 1 N–H and O–H groups in total. The van der Waals surface area contributed by atoms with Crippen LogP contribution >= 0.6 is 0 Å². The standard InChI is InChI=1S/C17H23FN4O/c1-13(17(23)21(2)9-5-8-19)20-14-6-7-16(15(18)12-14)22-10-3-4-11-22/h6-7,12-13,20H,3-5,9-11H2,1-2H3. The Morgan fingerprint density at radius 3 is 2.78 bits per heavy atom. The van der Waals surface area contributed by atoms with Gasteiger partial charge >= 0.3 is 0 Å². The molecule has 124 valence electrons. The monoisotopic (exact) mass is 318 g/mol. The van der Waals surface area contributed by atoms with Crippen molar-refractivity contribution in [2.24, 2.45) is 0 Å². The van der Waals surface area contributed by atoms with E-state index < -0.39 is 6.04 Å². The van der Waals surface area contributed by atoms with Crippen LogP contribution in [-0.4, -0.2) is 43.5 Å². The van der Waals surface area contributed by atoms with E-state index in [-0.39, 0.29) is 11.7 Å². The van der Waals surface area contributed by atoms with Gasteiger partial charge in [0.15, 0.2) is 0 Å². The lowest BCUT2D eigenvalue weighted by Crippen LogP contribution is -2.39. The van der Waals surface area contributed by atoms with Gasteiger partial charge in [0.05, 0.1) is 18.2 Å². The highest BCUT2D eigenvalue weighted by atomic mass is 19.1. The highest BCUT2D eigenvalue weighted by molar-refractivity contribution is 5.84. The van der Waals surface area contributed by atoms with Crippen LogP contribution in [0.1, 0.15) is 26.2 Å². The van der Waals surface area contributed by atoms with Crippen LogP contribution in [-0.2, 0) is 4.79 Å². The minimum absolute atomic E-state index is 0.121. The van der Waals surface area contributed by atoms with Crippen molar-refractivity contribution in [3.8, 4) is 6.07 Å². The topological polar surface area (TPSA) is 59.4 Å². The van der Waals surface area contributed by atoms with Gasteiger partial charge in [-0.15, -0.1) is 0 Å². The molecule has 1 amide bonds. The first kappa shape index (κ1) is 17.1. The first-order valence-corrected chi connectivity index (χ1v) is 7.96. The number of carbonyl (C=O) groups excluding carboxylic acids is 1. The smallest absolute Gasteiger partial charge is 0.244 e. The van der Waals surface area contributed by atoms with E-state index in [4.69, 9.17) is 5.26 Å². The lowest BCUT2D eigenvalue weighted by atomic mass is 10.2. The van der Waals surface area contributed by atoms with E-state index in [1.807, 2.05) is 11.0 Å². The Hall–Kier alpha value is -2.29. The molecule has 0 saturated carbocycles. The zero-order chi connectivity index (χ0) is 16.8. The van der Waals surface area contributed by atoms with Gasteiger partial charge in [0.25, 0.3) is 0 Å². The highest BCUT2D eigenvalue weighted by Crippen LogP contribution is 2.26. The van der Waals surface area contributed by atoms with E-state index in [9.17, 15) is 9.18 Å². The number of hydrogen-bond acceptors (Lipinski definition) is 4. The molecule has 0 aromatic heterocycles. The van der Waals surface area contributed by atoms with Crippen molar-refractivity contribution in [3.05, 3.63) is 24.0 Å². The van der Waals surface area contributed by atoms with Crippen LogP contribution in [0.15, 0.2) is 18.2 Å². The van der Waals surface area contributed by atoms with Crippen LogP contribution in [0.3, 0.4) is 0 Å². The summed E-state index contributed by atoms with van der Waals surface area (Å²) in [6.45, 7) is 3.91. The number of nitriles is 1. The molecular weight excluding hydrogens is 295 g/mol. The summed E-state index contributed by atoms with van der Waals surface area (Å²) in [4.78, 5) is 15.7. The molecule has 0 bridgehead atoms. The van der Waals surface area contributed by atoms with E-state index in [0.717, 1.165) is 25.9 Å². The fourth-order valence-corrected chi connectivity index (χ4v) is 2.78. The third-order valence-electron chi connectivity index (χ3n) is 4.08. The molecule has 1 unspecified atom stereocenters. The molecule has 2 rings (SSSR count). The molecule has 1 fully saturated rings. The number of nitrogens with zero attached hydrogens (tertiary/aromatic N) is 3. The second-order valence-electron chi connectivity index (χ2n) is 5.89. The molecule has 1 heterocycles. The maximum atomic E-state index is 14.3. The van der Waals surface area contributed by atoms with Gasteiger partial charge in [-0.25, -0.2) is 4.39 Å². The van der Waals surface area contributed by atoms with E-state index in [1.54, 1.807) is 26.1 Å². The number of amides is 1. The highest BCUT2D eigenvalue weighted by Gasteiger charge is 2.19. The molecule has 1 saturated heterocycles. The summed E-state index contributed by atoms with van der Waals surface area (Å²) >= 11 is 0. The maximum absolute atomic E-state index is 14.3. The van der Waals surface area contributed by atoms with Gasteiger partial charge in [-0.05, 0) is 38.0 Å². The average molecular weight is 318 g/mol. The molecule has 1 aromatic carbocycles. The predicted molar refractivity (Wildman–Crippen MR) is 88.8 cm³/mol. The van der Waals surface area contributed by atoms with Crippen LogP contribution in [0.2, 0.25) is 0 Å². The summed E-state index contributed by atoms with van der Waals surface area (Å²) in [5, 5.41) is 11.6. The summed E-state index contributed by atoms with van der Waals surface area (Å²) in [6.07, 6.45) is 2.49. The summed E-state index contributed by atoms with van der Waals surface area (Å²) in [5.41, 5.74) is 1.21. The Morgan fingerprint density at radius 2 is 2.17 bits per heavy atom. The van der Waals surface area contributed by atoms with Crippen molar-refractivity contribution >= 4 is 17.3 Å². The normalized spacial score (nSPS) is 15.1. The molecule has 0 spiro atoms. The number of nitrogens with one attached hydrogen (secondary N) is 1. The van der Waals surface area contributed by atoms with E-state index in [1.165, 1.54) is 11.0 Å². The number of halogens is 1. The molecule has 1 atom stereocenters. The lowest BCUT2D eigenvalue weighted by molar-refractivity contribution is -0.130. The van der Waals surface area contributed by atoms with Gasteiger partial charge in [-0.2, -0.15) is 5.26 Å². The van der Waals surface area contributed by atoms with Gasteiger partial charge < -0.3 is 15.1 Å². The van der Waals surface area contributed by atoms with Crippen molar-refractivity contribution in [3.63, 3.8) is 0 Å². The molecule has 1 aliphatic heterocycles. The molecule has 5 nitrogen and oxygen atoms in total. The largest absolute Gasteiger partial charge is 0.374 e. The fourth-order valence-electron chi connectivity index (χ4n) is 2.78. The summed E-state index contributed by atoms with van der Waals surface area (Å²) in [6, 6.07) is 6.54. The summed E-state index contributed by atoms with van der Waals surface area (Å²) < 4.78 is 14.3. The van der Waals surface area contributed by atoms with Crippen LogP contribution in [0.4, 0.5) is 15.8 Å². The first-order valence-electron chi connectivity index (χ1n) is 7.96. The van der Waals surface area contributed by atoms with Crippen molar-refractivity contribution in [1.82, 2.24) is 4.90 Å². The van der Waals surface area contributed by atoms with E-state index in [2.05, 4.69) is 5.32 Å². The Bertz CT molecular complexity index is 593. The predicted octanol–water partition coefficient (Wildman–Crippen LogP) is 2.60. The minimum Gasteiger partial charge on any atom is -0.374 e. The van der Waals surface area contributed by atoms with Crippen LogP contribution in [0.25, 0.3) is 0 Å². The van der Waals surface area contributed by atoms with Crippen LogP contribution in [0.5, 0.6) is 0 Å². The van der Waals surface area contributed by atoms with E-state index >= 15 is 0 Å². The summed E-state index contributed by atoms with van der Waals surface area (Å²) in [5.74, 6) is -0.390. The number of hydrogen-bond donors (Lipinski definition) is 1. The molecule has 1 aliphatic rings. The number of benzene rings is 1. The molecule has 1 aromatic rings. The van der Waals surface area contributed by atoms with Crippen LogP contribution in [0, 0.1) is 17.1 Å². The third kappa shape index (κ3) is 4.35. The minimum atomic E-state index is -0.476. The van der Waals surface area contributed by atoms with Gasteiger partial charge in [0.1, 0.15) is 11.9 Å². The zero-order valence-electron chi connectivity index (χ0n) is 13.7. The van der Waals surface area contributed by atoms with Crippen molar-refractivity contribution in [2.45, 2.75) is 32.2 Å². The second-order valence-corrected chi connectivity index (χ2v) is 5.89. The van der Waals surface area contributed by atoms with Gasteiger partial charge in [-0.1, -0.05) is 0 Å². The molecule has 6 heteroatoms. The maximum Gasteiger partial charge on any atom is 0.244 e. The Labute approximate surface area is 136 Å². The van der Waals surface area contributed by atoms with Crippen molar-refractivity contribution in [1.29, 1.82) is 5.26 Å². The number of anilines is 2. The number of likely N-dealkylation sites (N-methyl/N-ethyl adjacent to an activating group) is 1. The molecule has 0 radical (unpaired) electrons. The summed E-state index contributed by atoms with van der Waals surface area (Å²) in [7, 11) is 1.66. The lowest BCUT2D eigenvalue weighted by Gasteiger charge is -2.23. The fraction of sp³-hybridized carbons (Fsp3) is 0.529. The zero-order valence-corrected chi connectivity index (χ0v) is 13.7. The van der Waals surface area contributed by atoms with Gasteiger partial charge in [0.2, 0.25) is 5.91 Å². The third-order valence-corrected chi connectivity index (χ3v) is 4.08. The molecule has 23 heavy (non-hydrogen) atoms. The second kappa shape index (κ2) is 7.82. The molecule has 0 aliphatic carbocycles. The SMILES string of the molecule is CC(Nc1ccc(N2CCCC2)c(F)c1)C(=O)N(C)CCC#N. The van der Waals surface area contributed by atoms with Crippen molar-refractivity contribution in [2.75, 3.05) is 36.9 Å². The van der Waals surface area contributed by atoms with E-state index in [0.29, 0.717) is 24.3 Å². The average Bonchev–Trinajstić information content (AvgIpc) is 3.06. The van der Waals surface area contributed by atoms with Crippen LogP contribution < -0.4 is 10.2 Å². The van der Waals surface area contributed by atoms with Gasteiger partial charge in [0, 0.05) is 32.4 Å². The number of carbonyl (C=O) groups is 1. The Balaban J connectivity index is 1.98. The Kier molecular flexibility index (Phi) is 5.80. The van der Waals surface area contributed by atoms with Crippen molar-refractivity contribution < 1.29 is 9.18 Å². The first-order chi connectivity index (χ1) is 11.0. The van der Waals surface area contributed by atoms with Gasteiger partial charge in [-0.3, -0.25) is 4.79 Å². The molecular formula is C17H23FN4O. The number of rotatable bonds is 6. The Morgan fingerprint density at radius 1 is 1.48 bits per heavy atom.